The highest BCUT2D eigenvalue weighted by Crippen LogP contribution is 2.40. The van der Waals surface area contributed by atoms with Crippen LogP contribution in [0.3, 0.4) is 0 Å². The molecule has 3 aromatic rings. The zero-order valence-electron chi connectivity index (χ0n) is 18.5. The molecular weight excluding hydrogens is 470 g/mol. The summed E-state index contributed by atoms with van der Waals surface area (Å²) in [7, 11) is 0. The van der Waals surface area contributed by atoms with Crippen LogP contribution in [-0.2, 0) is 9.53 Å². The second-order valence-corrected chi connectivity index (χ2v) is 9.32. The summed E-state index contributed by atoms with van der Waals surface area (Å²) in [5.74, 6) is -1.07. The normalized spacial score (nSPS) is 15.8. The third kappa shape index (κ3) is 5.52. The van der Waals surface area contributed by atoms with E-state index in [0.717, 1.165) is 22.2 Å². The lowest BCUT2D eigenvalue weighted by Crippen LogP contribution is -2.14. The molecule has 1 aliphatic heterocycles. The molecule has 0 fully saturated rings. The molecule has 0 saturated carbocycles. The Kier molecular flexibility index (Phi) is 7.40. The van der Waals surface area contributed by atoms with E-state index in [1.54, 1.807) is 31.2 Å². The number of ether oxygens (including phenoxy) is 1. The third-order valence-electron chi connectivity index (χ3n) is 4.71. The molecule has 0 spiro atoms. The molecule has 4 rings (SSSR count). The topological polar surface area (TPSA) is 89.1 Å². The van der Waals surface area contributed by atoms with Crippen molar-refractivity contribution in [1.29, 1.82) is 0 Å². The second-order valence-electron chi connectivity index (χ2n) is 7.21. The Balaban J connectivity index is 1.62. The monoisotopic (exact) mass is 491 g/mol. The number of thioether (sulfide) groups is 1. The quantitative estimate of drug-likeness (QED) is 0.397. The van der Waals surface area contributed by atoms with Gasteiger partial charge in [-0.05, 0) is 56.3 Å². The van der Waals surface area contributed by atoms with Gasteiger partial charge < -0.3 is 14.3 Å². The van der Waals surface area contributed by atoms with Crippen molar-refractivity contribution in [2.24, 2.45) is 4.99 Å². The molecule has 0 bridgehead atoms. The minimum atomic E-state index is -0.744. The van der Waals surface area contributed by atoms with Gasteiger partial charge in [0.1, 0.15) is 22.1 Å². The summed E-state index contributed by atoms with van der Waals surface area (Å²) in [5, 5.41) is 11.6. The smallest absolute Gasteiger partial charge is 0.344 e. The number of furan rings is 1. The molecule has 34 heavy (non-hydrogen) atoms. The minimum absolute atomic E-state index is 0.0817. The Hall–Kier alpha value is -3.49. The maximum Gasteiger partial charge on any atom is 0.344 e. The predicted octanol–water partition coefficient (Wildman–Crippen LogP) is 6.44. The van der Waals surface area contributed by atoms with Gasteiger partial charge in [0.15, 0.2) is 5.09 Å². The molecule has 0 atom stereocenters. The van der Waals surface area contributed by atoms with Crippen LogP contribution in [0.5, 0.6) is 0 Å². The number of carbonyl (C=O) groups is 2. The predicted molar refractivity (Wildman–Crippen MR) is 134 cm³/mol. The average molecular weight is 492 g/mol. The Morgan fingerprint density at radius 1 is 1.09 bits per heavy atom. The highest BCUT2D eigenvalue weighted by Gasteiger charge is 2.34. The molecule has 2 aromatic carbocycles. The maximum absolute atomic E-state index is 12.7. The summed E-state index contributed by atoms with van der Waals surface area (Å²) in [6, 6.07) is 20.3. The summed E-state index contributed by atoms with van der Waals surface area (Å²) < 4.78 is 10.9. The summed E-state index contributed by atoms with van der Waals surface area (Å²) in [5.41, 5.74) is 1.26. The van der Waals surface area contributed by atoms with Crippen molar-refractivity contribution >= 4 is 46.5 Å². The number of aryl methyl sites for hydroxylation is 1. The summed E-state index contributed by atoms with van der Waals surface area (Å²) in [6.45, 7) is 3.70. The zero-order chi connectivity index (χ0) is 24.1. The molecule has 1 aromatic heterocycles. The van der Waals surface area contributed by atoms with E-state index in [1.807, 2.05) is 55.5 Å². The van der Waals surface area contributed by atoms with Gasteiger partial charge in [-0.2, -0.15) is 0 Å². The zero-order valence-corrected chi connectivity index (χ0v) is 20.1. The molecule has 172 valence electrons. The molecule has 1 N–H and O–H groups in total. The van der Waals surface area contributed by atoms with Gasteiger partial charge in [0.25, 0.3) is 5.91 Å². The largest absolute Gasteiger partial charge is 0.506 e. The number of hydrogen-bond acceptors (Lipinski definition) is 7. The van der Waals surface area contributed by atoms with E-state index in [4.69, 9.17) is 9.15 Å². The molecule has 0 aliphatic carbocycles. The van der Waals surface area contributed by atoms with Crippen LogP contribution in [0.25, 0.3) is 6.08 Å². The molecule has 1 aliphatic rings. The van der Waals surface area contributed by atoms with E-state index in [1.165, 1.54) is 11.8 Å². The number of nitrogens with zero attached hydrogens (tertiary/aromatic N) is 1. The summed E-state index contributed by atoms with van der Waals surface area (Å²) in [6.07, 6.45) is 1.60. The number of hydrogen-bond donors (Lipinski definition) is 1. The van der Waals surface area contributed by atoms with E-state index in [-0.39, 0.29) is 23.0 Å². The van der Waals surface area contributed by atoms with Gasteiger partial charge in [0, 0.05) is 10.5 Å². The van der Waals surface area contributed by atoms with Crippen LogP contribution in [0.2, 0.25) is 0 Å². The number of carbonyl (C=O) groups excluding carboxylic acids is 2. The first-order valence-electron chi connectivity index (χ1n) is 10.5. The SMILES string of the molecule is CCOC(=O)C1=C(O)/C(=C\c2ccc(Sc3ccccc3)o2)SC1=NC(=O)c1ccc(C)cc1. The number of amides is 1. The van der Waals surface area contributed by atoms with Gasteiger partial charge >= 0.3 is 5.97 Å². The van der Waals surface area contributed by atoms with E-state index < -0.39 is 11.9 Å². The number of benzene rings is 2. The van der Waals surface area contributed by atoms with E-state index in [2.05, 4.69) is 4.99 Å². The Labute approximate surface area is 205 Å². The minimum Gasteiger partial charge on any atom is -0.506 e. The fraction of sp³-hybridized carbons (Fsp3) is 0.115. The van der Waals surface area contributed by atoms with Crippen molar-refractivity contribution in [3.8, 4) is 0 Å². The van der Waals surface area contributed by atoms with Gasteiger partial charge in [-0.3, -0.25) is 4.79 Å². The standard InChI is InChI=1S/C26H21NO5S2/c1-3-31-26(30)22-23(28)20(34-25(22)27-24(29)17-11-9-16(2)10-12-17)15-18-13-14-21(32-18)33-19-7-5-4-6-8-19/h4-15,28H,3H2,1-2H3/b20-15+,27-25?. The van der Waals surface area contributed by atoms with E-state index in [0.29, 0.717) is 21.3 Å². The first-order valence-corrected chi connectivity index (χ1v) is 12.1. The molecular formula is C26H21NO5S2. The van der Waals surface area contributed by atoms with Gasteiger partial charge in [-0.15, -0.1) is 0 Å². The number of rotatable bonds is 6. The fourth-order valence-electron chi connectivity index (χ4n) is 3.05. The molecule has 0 radical (unpaired) electrons. The summed E-state index contributed by atoms with van der Waals surface area (Å²) in [4.78, 5) is 30.7. The lowest BCUT2D eigenvalue weighted by molar-refractivity contribution is -0.138. The van der Waals surface area contributed by atoms with Crippen molar-refractivity contribution in [3.63, 3.8) is 0 Å². The van der Waals surface area contributed by atoms with Crippen molar-refractivity contribution in [1.82, 2.24) is 0 Å². The lowest BCUT2D eigenvalue weighted by atomic mass is 10.1. The highest BCUT2D eigenvalue weighted by atomic mass is 32.2. The van der Waals surface area contributed by atoms with Crippen LogP contribution in [0.4, 0.5) is 0 Å². The molecule has 0 unspecified atom stereocenters. The molecule has 1 amide bonds. The van der Waals surface area contributed by atoms with Crippen LogP contribution in [0, 0.1) is 6.92 Å². The van der Waals surface area contributed by atoms with Crippen LogP contribution in [-0.4, -0.2) is 28.6 Å². The van der Waals surface area contributed by atoms with Crippen molar-refractivity contribution < 1.29 is 23.8 Å². The first-order chi connectivity index (χ1) is 16.4. The Morgan fingerprint density at radius 3 is 2.53 bits per heavy atom. The number of aliphatic hydroxyl groups excluding tert-OH is 1. The molecule has 0 saturated heterocycles. The Bertz CT molecular complexity index is 1300. The lowest BCUT2D eigenvalue weighted by Gasteiger charge is -2.03. The third-order valence-corrected chi connectivity index (χ3v) is 6.66. The van der Waals surface area contributed by atoms with Crippen LogP contribution < -0.4 is 0 Å². The van der Waals surface area contributed by atoms with Gasteiger partial charge in [-0.1, -0.05) is 59.4 Å². The van der Waals surface area contributed by atoms with Gasteiger partial charge in [0.05, 0.1) is 11.5 Å². The first kappa shape index (κ1) is 23.7. The molecule has 2 heterocycles. The molecule has 8 heteroatoms. The van der Waals surface area contributed by atoms with Crippen LogP contribution in [0.15, 0.2) is 102 Å². The maximum atomic E-state index is 12.7. The van der Waals surface area contributed by atoms with Crippen LogP contribution in [0.1, 0.15) is 28.6 Å². The number of esters is 1. The van der Waals surface area contributed by atoms with Crippen molar-refractivity contribution in [2.45, 2.75) is 23.8 Å². The number of aliphatic imine (C=N–C) groups is 1. The fourth-order valence-corrected chi connectivity index (χ4v) is 4.84. The highest BCUT2D eigenvalue weighted by molar-refractivity contribution is 8.18. The summed E-state index contributed by atoms with van der Waals surface area (Å²) >= 11 is 2.48. The van der Waals surface area contributed by atoms with Crippen LogP contribution >= 0.6 is 23.5 Å². The Morgan fingerprint density at radius 2 is 1.82 bits per heavy atom. The van der Waals surface area contributed by atoms with Crippen molar-refractivity contribution in [3.05, 3.63) is 99.9 Å². The van der Waals surface area contributed by atoms with Gasteiger partial charge in [0.2, 0.25) is 0 Å². The molecule has 6 nitrogen and oxygen atoms in total. The second kappa shape index (κ2) is 10.6. The van der Waals surface area contributed by atoms with E-state index in [9.17, 15) is 14.7 Å². The van der Waals surface area contributed by atoms with Crippen molar-refractivity contribution in [2.75, 3.05) is 6.61 Å². The van der Waals surface area contributed by atoms with E-state index >= 15 is 0 Å². The average Bonchev–Trinajstić information content (AvgIpc) is 3.38. The van der Waals surface area contributed by atoms with Gasteiger partial charge in [-0.25, -0.2) is 9.79 Å². The number of aliphatic hydroxyl groups is 1.